The smallest absolute Gasteiger partial charge is 0.308 e. The van der Waals surface area contributed by atoms with E-state index >= 15 is 0 Å². The minimum absolute atomic E-state index is 0.320. The lowest BCUT2D eigenvalue weighted by Gasteiger charge is -2.10. The maximum absolute atomic E-state index is 12.9. The Labute approximate surface area is 93.2 Å². The van der Waals surface area contributed by atoms with E-state index in [0.717, 1.165) is 12.1 Å². The first-order valence-electron chi connectivity index (χ1n) is 5.15. The van der Waals surface area contributed by atoms with E-state index in [1.165, 1.54) is 6.07 Å². The maximum atomic E-state index is 12.9. The maximum Gasteiger partial charge on any atom is 0.308 e. The molecule has 0 radical (unpaired) electrons. The lowest BCUT2D eigenvalue weighted by Crippen LogP contribution is -2.17. The molecule has 1 aromatic carbocycles. The zero-order valence-corrected chi connectivity index (χ0v) is 9.30. The summed E-state index contributed by atoms with van der Waals surface area (Å²) in [5.41, 5.74) is 0.583. The average Bonchev–Trinajstić information content (AvgIpc) is 2.24. The summed E-state index contributed by atoms with van der Waals surface area (Å²) >= 11 is 0. The molecule has 0 aromatic heterocycles. The van der Waals surface area contributed by atoms with Gasteiger partial charge in [0.25, 0.3) is 0 Å². The molecule has 1 rings (SSSR count). The Bertz CT molecular complexity index is 377. The van der Waals surface area contributed by atoms with Crippen molar-refractivity contribution in [3.8, 4) is 0 Å². The molecule has 0 aliphatic carbocycles. The van der Waals surface area contributed by atoms with Gasteiger partial charge < -0.3 is 4.74 Å². The van der Waals surface area contributed by atoms with Crippen LogP contribution in [0.5, 0.6) is 0 Å². The standard InChI is InChI=1S/C12H14F2O2/c1-3-16-12(15)8(2)6-9-4-5-10(13)11(14)7-9/h4-5,7-8H,3,6H2,1-2H3. The number of carbonyl (C=O) groups is 1. The van der Waals surface area contributed by atoms with Crippen molar-refractivity contribution in [2.24, 2.45) is 5.92 Å². The lowest BCUT2D eigenvalue weighted by molar-refractivity contribution is -0.147. The third kappa shape index (κ3) is 3.29. The minimum atomic E-state index is -0.895. The predicted molar refractivity (Wildman–Crippen MR) is 55.9 cm³/mol. The largest absolute Gasteiger partial charge is 0.466 e. The molecule has 0 saturated carbocycles. The summed E-state index contributed by atoms with van der Waals surface area (Å²) < 4.78 is 30.4. The van der Waals surface area contributed by atoms with Gasteiger partial charge in [0.05, 0.1) is 12.5 Å². The van der Waals surface area contributed by atoms with Crippen LogP contribution in [0.15, 0.2) is 18.2 Å². The molecule has 2 nitrogen and oxygen atoms in total. The first kappa shape index (κ1) is 12.6. The second-order valence-electron chi connectivity index (χ2n) is 3.61. The number of hydrogen-bond donors (Lipinski definition) is 0. The highest BCUT2D eigenvalue weighted by molar-refractivity contribution is 5.72. The Balaban J connectivity index is 2.66. The van der Waals surface area contributed by atoms with Gasteiger partial charge in [-0.2, -0.15) is 0 Å². The van der Waals surface area contributed by atoms with Crippen molar-refractivity contribution in [1.29, 1.82) is 0 Å². The number of halogens is 2. The number of esters is 1. The molecule has 0 fully saturated rings. The topological polar surface area (TPSA) is 26.3 Å². The van der Waals surface area contributed by atoms with Crippen molar-refractivity contribution >= 4 is 5.97 Å². The first-order chi connectivity index (χ1) is 7.54. The zero-order valence-electron chi connectivity index (χ0n) is 9.30. The third-order valence-corrected chi connectivity index (χ3v) is 2.21. The summed E-state index contributed by atoms with van der Waals surface area (Å²) in [6, 6.07) is 3.63. The average molecular weight is 228 g/mol. The number of rotatable bonds is 4. The summed E-state index contributed by atoms with van der Waals surface area (Å²) in [6.45, 7) is 3.74. The van der Waals surface area contributed by atoms with Gasteiger partial charge in [-0.3, -0.25) is 4.79 Å². The van der Waals surface area contributed by atoms with Crippen LogP contribution in [-0.2, 0) is 16.0 Å². The van der Waals surface area contributed by atoms with Gasteiger partial charge in [0.1, 0.15) is 0 Å². The van der Waals surface area contributed by atoms with E-state index in [0.29, 0.717) is 18.6 Å². The number of benzene rings is 1. The van der Waals surface area contributed by atoms with E-state index in [-0.39, 0.29) is 11.9 Å². The SMILES string of the molecule is CCOC(=O)C(C)Cc1ccc(F)c(F)c1. The van der Waals surface area contributed by atoms with Crippen molar-refractivity contribution in [3.63, 3.8) is 0 Å². The van der Waals surface area contributed by atoms with E-state index in [4.69, 9.17) is 4.74 Å². The molecule has 0 spiro atoms. The van der Waals surface area contributed by atoms with Gasteiger partial charge >= 0.3 is 5.97 Å². The zero-order chi connectivity index (χ0) is 12.1. The van der Waals surface area contributed by atoms with Crippen LogP contribution in [0.2, 0.25) is 0 Å². The molecule has 0 aliphatic rings. The fourth-order valence-corrected chi connectivity index (χ4v) is 1.39. The molecule has 0 saturated heterocycles. The molecule has 4 heteroatoms. The van der Waals surface area contributed by atoms with Gasteiger partial charge in [-0.15, -0.1) is 0 Å². The fraction of sp³-hybridized carbons (Fsp3) is 0.417. The lowest BCUT2D eigenvalue weighted by atomic mass is 10.0. The Morgan fingerprint density at radius 3 is 2.62 bits per heavy atom. The van der Waals surface area contributed by atoms with Gasteiger partial charge in [0.2, 0.25) is 0 Å². The van der Waals surface area contributed by atoms with Gasteiger partial charge in [-0.05, 0) is 31.0 Å². The Kier molecular flexibility index (Phi) is 4.40. The third-order valence-electron chi connectivity index (χ3n) is 2.21. The van der Waals surface area contributed by atoms with E-state index in [1.54, 1.807) is 13.8 Å². The predicted octanol–water partition coefficient (Wildman–Crippen LogP) is 2.71. The molecule has 16 heavy (non-hydrogen) atoms. The normalized spacial score (nSPS) is 12.2. The van der Waals surface area contributed by atoms with Crippen LogP contribution in [0.3, 0.4) is 0 Å². The van der Waals surface area contributed by atoms with E-state index in [9.17, 15) is 13.6 Å². The van der Waals surface area contributed by atoms with Crippen molar-refractivity contribution in [2.45, 2.75) is 20.3 Å². The molecular weight excluding hydrogens is 214 g/mol. The molecule has 88 valence electrons. The van der Waals surface area contributed by atoms with Crippen molar-refractivity contribution in [1.82, 2.24) is 0 Å². The van der Waals surface area contributed by atoms with Crippen molar-refractivity contribution in [2.75, 3.05) is 6.61 Å². The van der Waals surface area contributed by atoms with Gasteiger partial charge in [-0.25, -0.2) is 8.78 Å². The second kappa shape index (κ2) is 5.58. The van der Waals surface area contributed by atoms with E-state index < -0.39 is 11.6 Å². The Morgan fingerprint density at radius 1 is 1.38 bits per heavy atom. The highest BCUT2D eigenvalue weighted by atomic mass is 19.2. The van der Waals surface area contributed by atoms with Gasteiger partial charge in [0.15, 0.2) is 11.6 Å². The number of ether oxygens (including phenoxy) is 1. The fourth-order valence-electron chi connectivity index (χ4n) is 1.39. The van der Waals surface area contributed by atoms with E-state index in [1.807, 2.05) is 0 Å². The monoisotopic (exact) mass is 228 g/mol. The number of carbonyl (C=O) groups excluding carboxylic acids is 1. The van der Waals surface area contributed by atoms with Gasteiger partial charge in [-0.1, -0.05) is 13.0 Å². The summed E-state index contributed by atoms with van der Waals surface area (Å²) in [5, 5.41) is 0. The van der Waals surface area contributed by atoms with Crippen LogP contribution in [0.1, 0.15) is 19.4 Å². The number of hydrogen-bond acceptors (Lipinski definition) is 2. The molecule has 0 amide bonds. The summed E-state index contributed by atoms with van der Waals surface area (Å²) in [4.78, 5) is 11.3. The molecule has 0 bridgehead atoms. The minimum Gasteiger partial charge on any atom is -0.466 e. The summed E-state index contributed by atoms with van der Waals surface area (Å²) in [7, 11) is 0. The molecule has 1 unspecified atom stereocenters. The Morgan fingerprint density at radius 2 is 2.06 bits per heavy atom. The molecule has 0 aliphatic heterocycles. The molecular formula is C12H14F2O2. The summed E-state index contributed by atoms with van der Waals surface area (Å²) in [6.07, 6.45) is 0.343. The van der Waals surface area contributed by atoms with Crippen LogP contribution >= 0.6 is 0 Å². The molecule has 0 N–H and O–H groups in total. The first-order valence-corrected chi connectivity index (χ1v) is 5.15. The van der Waals surface area contributed by atoms with Crippen LogP contribution in [0, 0.1) is 17.6 Å². The highest BCUT2D eigenvalue weighted by Crippen LogP contribution is 2.13. The Hall–Kier alpha value is -1.45. The van der Waals surface area contributed by atoms with Crippen LogP contribution in [0.25, 0.3) is 0 Å². The van der Waals surface area contributed by atoms with Gasteiger partial charge in [0, 0.05) is 0 Å². The molecule has 1 aromatic rings. The van der Waals surface area contributed by atoms with Crippen molar-refractivity contribution < 1.29 is 18.3 Å². The van der Waals surface area contributed by atoms with Crippen molar-refractivity contribution in [3.05, 3.63) is 35.4 Å². The highest BCUT2D eigenvalue weighted by Gasteiger charge is 2.15. The second-order valence-corrected chi connectivity index (χ2v) is 3.61. The van der Waals surface area contributed by atoms with Crippen LogP contribution < -0.4 is 0 Å². The van der Waals surface area contributed by atoms with Crippen LogP contribution in [-0.4, -0.2) is 12.6 Å². The molecule has 1 atom stereocenters. The van der Waals surface area contributed by atoms with E-state index in [2.05, 4.69) is 0 Å². The molecule has 0 heterocycles. The summed E-state index contributed by atoms with van der Waals surface area (Å²) in [5.74, 6) is -2.46. The van der Waals surface area contributed by atoms with Crippen LogP contribution in [0.4, 0.5) is 8.78 Å². The quantitative estimate of drug-likeness (QED) is 0.740.